The molecule has 27 heavy (non-hydrogen) atoms. The van der Waals surface area contributed by atoms with Gasteiger partial charge in [0, 0.05) is 47.7 Å². The summed E-state index contributed by atoms with van der Waals surface area (Å²) in [5.41, 5.74) is 3.03. The molecule has 2 aliphatic heterocycles. The second-order valence-electron chi connectivity index (χ2n) is 7.39. The molecule has 1 saturated heterocycles. The summed E-state index contributed by atoms with van der Waals surface area (Å²) in [5, 5.41) is -0.322. The molecule has 0 radical (unpaired) electrons. The zero-order valence-electron chi connectivity index (χ0n) is 15.0. The zero-order valence-corrected chi connectivity index (χ0v) is 16.6. The van der Waals surface area contributed by atoms with Gasteiger partial charge in [0.05, 0.1) is 10.1 Å². The number of hydrogen-bond donors (Lipinski definition) is 0. The van der Waals surface area contributed by atoms with E-state index in [1.165, 1.54) is 9.75 Å². The van der Waals surface area contributed by atoms with E-state index in [2.05, 4.69) is 35.0 Å². The maximum atomic E-state index is 13.1. The van der Waals surface area contributed by atoms with Gasteiger partial charge in [-0.3, -0.25) is 9.88 Å². The van der Waals surface area contributed by atoms with Crippen molar-refractivity contribution in [3.05, 3.63) is 70.2 Å². The Balaban J connectivity index is 1.48. The zero-order chi connectivity index (χ0) is 18.6. The largest absolute Gasteiger partial charge is 0.296 e. The first-order valence-corrected chi connectivity index (χ1v) is 11.4. The van der Waals surface area contributed by atoms with Crippen LogP contribution in [0.5, 0.6) is 0 Å². The van der Waals surface area contributed by atoms with Gasteiger partial charge in [-0.15, -0.1) is 11.3 Å². The minimum absolute atomic E-state index is 0.0580. The van der Waals surface area contributed by atoms with Crippen LogP contribution in [-0.2, 0) is 16.4 Å². The molecule has 6 heteroatoms. The van der Waals surface area contributed by atoms with Crippen molar-refractivity contribution < 1.29 is 8.42 Å². The van der Waals surface area contributed by atoms with E-state index in [0.717, 1.165) is 29.8 Å². The summed E-state index contributed by atoms with van der Waals surface area (Å²) in [6.07, 6.45) is 3.57. The quantitative estimate of drug-likeness (QED) is 0.674. The molecule has 0 spiro atoms. The number of sulfone groups is 1. The Morgan fingerprint density at radius 3 is 2.78 bits per heavy atom. The summed E-state index contributed by atoms with van der Waals surface area (Å²) in [5.74, 6) is 0.0580. The number of aryl methyl sites for hydroxylation is 1. The molecule has 0 amide bonds. The molecular formula is C21H20N2O2S2. The smallest absolute Gasteiger partial charge is 0.183 e. The third kappa shape index (κ3) is 2.83. The van der Waals surface area contributed by atoms with Crippen LogP contribution in [0, 0.1) is 6.92 Å². The number of likely N-dealkylation sites (tertiary alicyclic amines) is 1. The van der Waals surface area contributed by atoms with Gasteiger partial charge in [0.15, 0.2) is 9.84 Å². The van der Waals surface area contributed by atoms with E-state index in [1.54, 1.807) is 23.6 Å². The Kier molecular flexibility index (Phi) is 3.96. The van der Waals surface area contributed by atoms with Crippen molar-refractivity contribution in [1.29, 1.82) is 0 Å². The van der Waals surface area contributed by atoms with Crippen molar-refractivity contribution in [3.63, 3.8) is 0 Å². The van der Waals surface area contributed by atoms with E-state index in [1.807, 2.05) is 24.4 Å². The number of aromatic nitrogens is 1. The lowest BCUT2D eigenvalue weighted by Crippen LogP contribution is -2.25. The van der Waals surface area contributed by atoms with E-state index in [0.29, 0.717) is 11.4 Å². The number of pyridine rings is 1. The van der Waals surface area contributed by atoms with E-state index in [4.69, 9.17) is 0 Å². The van der Waals surface area contributed by atoms with Gasteiger partial charge in [-0.05, 0) is 53.9 Å². The molecule has 1 aromatic carbocycles. The lowest BCUT2D eigenvalue weighted by molar-refractivity contribution is 0.328. The molecule has 5 rings (SSSR count). The third-order valence-electron chi connectivity index (χ3n) is 5.63. The molecule has 1 fully saturated rings. The number of nitrogens with zero attached hydrogens (tertiary/aromatic N) is 2. The predicted molar refractivity (Wildman–Crippen MR) is 108 cm³/mol. The van der Waals surface area contributed by atoms with Crippen molar-refractivity contribution in [3.8, 4) is 11.1 Å². The fourth-order valence-electron chi connectivity index (χ4n) is 4.36. The van der Waals surface area contributed by atoms with Crippen LogP contribution in [0.25, 0.3) is 11.1 Å². The van der Waals surface area contributed by atoms with Gasteiger partial charge in [0.25, 0.3) is 0 Å². The first-order chi connectivity index (χ1) is 13.0. The Morgan fingerprint density at radius 1 is 1.15 bits per heavy atom. The minimum atomic E-state index is -3.26. The van der Waals surface area contributed by atoms with Crippen LogP contribution >= 0.6 is 11.3 Å². The molecule has 3 aromatic rings. The van der Waals surface area contributed by atoms with Gasteiger partial charge in [0.1, 0.15) is 0 Å². The van der Waals surface area contributed by atoms with E-state index < -0.39 is 9.84 Å². The molecule has 2 aliphatic rings. The van der Waals surface area contributed by atoms with Crippen molar-refractivity contribution in [2.24, 2.45) is 0 Å². The van der Waals surface area contributed by atoms with Crippen LogP contribution in [-0.4, -0.2) is 36.6 Å². The van der Waals surface area contributed by atoms with Gasteiger partial charge in [-0.2, -0.15) is 0 Å². The summed E-state index contributed by atoms with van der Waals surface area (Å²) in [4.78, 5) is 9.59. The molecule has 0 N–H and O–H groups in total. The molecule has 0 aliphatic carbocycles. The second-order valence-corrected chi connectivity index (χ2v) is 10.9. The number of fused-ring (bicyclic) bond motifs is 3. The summed E-state index contributed by atoms with van der Waals surface area (Å²) in [6, 6.07) is 13.9. The Bertz CT molecular complexity index is 1110. The molecule has 2 atom stereocenters. The van der Waals surface area contributed by atoms with Gasteiger partial charge in [-0.1, -0.05) is 12.1 Å². The lowest BCUT2D eigenvalue weighted by Gasteiger charge is -2.16. The molecule has 0 saturated carbocycles. The highest BCUT2D eigenvalue weighted by Gasteiger charge is 2.50. The molecule has 4 nitrogen and oxygen atoms in total. The highest BCUT2D eigenvalue weighted by Crippen LogP contribution is 2.46. The molecule has 0 bridgehead atoms. The summed E-state index contributed by atoms with van der Waals surface area (Å²) in [6.45, 7) is 4.34. The molecule has 138 valence electrons. The number of hydrogen-bond acceptors (Lipinski definition) is 5. The van der Waals surface area contributed by atoms with Crippen molar-refractivity contribution >= 4 is 21.2 Å². The van der Waals surface area contributed by atoms with Gasteiger partial charge < -0.3 is 0 Å². The van der Waals surface area contributed by atoms with Gasteiger partial charge in [0.2, 0.25) is 0 Å². The molecule has 0 unspecified atom stereocenters. The Hall–Kier alpha value is -2.02. The van der Waals surface area contributed by atoms with Crippen LogP contribution in [0.3, 0.4) is 0 Å². The normalized spacial score (nSPS) is 23.3. The number of rotatable bonds is 3. The predicted octanol–water partition coefficient (Wildman–Crippen LogP) is 3.87. The van der Waals surface area contributed by atoms with Crippen LogP contribution < -0.4 is 0 Å². The van der Waals surface area contributed by atoms with Crippen LogP contribution in [0.2, 0.25) is 0 Å². The fraction of sp³-hybridized carbons (Fsp3) is 0.286. The Labute approximate surface area is 163 Å². The lowest BCUT2D eigenvalue weighted by atomic mass is 9.95. The topological polar surface area (TPSA) is 50.3 Å². The average Bonchev–Trinajstić information content (AvgIpc) is 3.33. The van der Waals surface area contributed by atoms with Crippen LogP contribution in [0.15, 0.2) is 59.8 Å². The molecule has 4 heterocycles. The summed E-state index contributed by atoms with van der Waals surface area (Å²) >= 11 is 1.79. The molecular weight excluding hydrogens is 376 g/mol. The van der Waals surface area contributed by atoms with E-state index >= 15 is 0 Å². The van der Waals surface area contributed by atoms with E-state index in [-0.39, 0.29) is 11.2 Å². The second kappa shape index (κ2) is 6.26. The third-order valence-corrected chi connectivity index (χ3v) is 8.87. The fourth-order valence-corrected chi connectivity index (χ4v) is 7.49. The van der Waals surface area contributed by atoms with Gasteiger partial charge >= 0.3 is 0 Å². The Morgan fingerprint density at radius 2 is 2.04 bits per heavy atom. The standard InChI is InChI=1S/C21H20N2O2S2/c1-14-4-6-17(26-14)11-23-12-19-18-9-15(16-3-2-8-22-10-16)5-7-20(18)27(24,25)21(19)13-23/h2-10,19,21H,11-13H2,1H3/t19-,21-/m0/s1. The first kappa shape index (κ1) is 17.1. The first-order valence-electron chi connectivity index (χ1n) is 9.08. The summed E-state index contributed by atoms with van der Waals surface area (Å²) < 4.78 is 26.2. The van der Waals surface area contributed by atoms with Crippen LogP contribution in [0.4, 0.5) is 0 Å². The monoisotopic (exact) mass is 396 g/mol. The molecule has 2 aromatic heterocycles. The maximum absolute atomic E-state index is 13.1. The summed E-state index contributed by atoms with van der Waals surface area (Å²) in [7, 11) is -3.26. The number of thiophene rings is 1. The maximum Gasteiger partial charge on any atom is 0.183 e. The average molecular weight is 397 g/mol. The van der Waals surface area contributed by atoms with Crippen molar-refractivity contribution in [1.82, 2.24) is 9.88 Å². The highest BCUT2D eigenvalue weighted by molar-refractivity contribution is 7.92. The van der Waals surface area contributed by atoms with Crippen molar-refractivity contribution in [2.75, 3.05) is 13.1 Å². The van der Waals surface area contributed by atoms with Gasteiger partial charge in [-0.25, -0.2) is 8.42 Å². The minimum Gasteiger partial charge on any atom is -0.296 e. The van der Waals surface area contributed by atoms with Crippen molar-refractivity contribution in [2.45, 2.75) is 29.5 Å². The highest BCUT2D eigenvalue weighted by atomic mass is 32.2. The van der Waals surface area contributed by atoms with E-state index in [9.17, 15) is 8.42 Å². The van der Waals surface area contributed by atoms with Crippen LogP contribution in [0.1, 0.15) is 21.2 Å². The SMILES string of the molecule is Cc1ccc(CN2C[C@H]3c4cc(-c5cccnc5)ccc4S(=O)(=O)[C@H]3C2)s1. The number of benzene rings is 1.